The largest absolute Gasteiger partial charge is 0.477 e. The minimum absolute atomic E-state index is 0.162. The molecule has 0 fully saturated rings. The van der Waals surface area contributed by atoms with Crippen LogP contribution in [0.3, 0.4) is 0 Å². The zero-order valence-electron chi connectivity index (χ0n) is 8.90. The summed E-state index contributed by atoms with van der Waals surface area (Å²) in [6.07, 6.45) is 0. The average molecular weight is 233 g/mol. The molecule has 4 nitrogen and oxygen atoms in total. The van der Waals surface area contributed by atoms with Crippen molar-refractivity contribution in [2.45, 2.75) is 6.92 Å². The first-order chi connectivity index (χ1) is 7.99. The van der Waals surface area contributed by atoms with Crippen LogP contribution in [0.25, 0.3) is 10.9 Å². The Bertz CT molecular complexity index is 637. The number of fused-ring (bicyclic) bond motifs is 1. The fraction of sp³-hybridized carbons (Fsp3) is 0.0833. The van der Waals surface area contributed by atoms with Crippen LogP contribution in [0, 0.1) is 5.82 Å². The molecular formula is C12H8FNO3. The smallest absolute Gasteiger partial charge is 0.354 e. The molecule has 1 heterocycles. The van der Waals surface area contributed by atoms with Gasteiger partial charge < -0.3 is 5.11 Å². The fourth-order valence-corrected chi connectivity index (χ4v) is 1.60. The lowest BCUT2D eigenvalue weighted by molar-refractivity contribution is 0.0691. The summed E-state index contributed by atoms with van der Waals surface area (Å²) in [5, 5.41) is 9.30. The molecule has 0 radical (unpaired) electrons. The Labute approximate surface area is 95.7 Å². The Morgan fingerprint density at radius 2 is 2.00 bits per heavy atom. The van der Waals surface area contributed by atoms with Gasteiger partial charge in [0.15, 0.2) is 5.78 Å². The van der Waals surface area contributed by atoms with Gasteiger partial charge in [-0.05, 0) is 25.1 Å². The number of halogens is 1. The Morgan fingerprint density at radius 3 is 2.59 bits per heavy atom. The van der Waals surface area contributed by atoms with E-state index in [9.17, 15) is 14.0 Å². The maximum atomic E-state index is 13.0. The van der Waals surface area contributed by atoms with Crippen LogP contribution in [-0.4, -0.2) is 21.8 Å². The second kappa shape index (κ2) is 3.93. The van der Waals surface area contributed by atoms with Crippen LogP contribution in [0.1, 0.15) is 27.8 Å². The molecule has 0 saturated carbocycles. The van der Waals surface area contributed by atoms with Crippen LogP contribution < -0.4 is 0 Å². The number of carboxylic acids is 1. The first-order valence-electron chi connectivity index (χ1n) is 4.83. The molecule has 0 saturated heterocycles. The number of pyridine rings is 1. The van der Waals surface area contributed by atoms with E-state index in [2.05, 4.69) is 4.98 Å². The number of carbonyl (C=O) groups excluding carboxylic acids is 1. The Hall–Kier alpha value is -2.30. The molecule has 0 atom stereocenters. The van der Waals surface area contributed by atoms with E-state index >= 15 is 0 Å². The molecular weight excluding hydrogens is 225 g/mol. The van der Waals surface area contributed by atoms with Crippen LogP contribution in [-0.2, 0) is 0 Å². The summed E-state index contributed by atoms with van der Waals surface area (Å²) in [5.41, 5.74) is 0.121. The summed E-state index contributed by atoms with van der Waals surface area (Å²) in [6, 6.07) is 4.93. The number of aromatic nitrogens is 1. The molecule has 0 amide bonds. The predicted molar refractivity (Wildman–Crippen MR) is 58.7 cm³/mol. The summed E-state index contributed by atoms with van der Waals surface area (Å²) in [7, 11) is 0. The summed E-state index contributed by atoms with van der Waals surface area (Å²) in [5.74, 6) is -2.06. The third-order valence-electron chi connectivity index (χ3n) is 2.37. The van der Waals surface area contributed by atoms with Crippen molar-refractivity contribution in [3.63, 3.8) is 0 Å². The van der Waals surface area contributed by atoms with Gasteiger partial charge >= 0.3 is 5.97 Å². The first-order valence-corrected chi connectivity index (χ1v) is 4.83. The molecule has 0 bridgehead atoms. The maximum absolute atomic E-state index is 13.0. The highest BCUT2D eigenvalue weighted by Crippen LogP contribution is 2.20. The normalized spacial score (nSPS) is 10.5. The van der Waals surface area contributed by atoms with Crippen molar-refractivity contribution < 1.29 is 19.1 Å². The zero-order chi connectivity index (χ0) is 12.6. The summed E-state index contributed by atoms with van der Waals surface area (Å²) >= 11 is 0. The molecule has 5 heteroatoms. The van der Waals surface area contributed by atoms with Gasteiger partial charge in [0.2, 0.25) is 0 Å². The van der Waals surface area contributed by atoms with Gasteiger partial charge in [0.1, 0.15) is 11.5 Å². The molecule has 0 aliphatic rings. The van der Waals surface area contributed by atoms with E-state index in [1.54, 1.807) is 0 Å². The molecule has 0 spiro atoms. The van der Waals surface area contributed by atoms with Crippen LogP contribution in [0.2, 0.25) is 0 Å². The van der Waals surface area contributed by atoms with Crippen molar-refractivity contribution in [1.82, 2.24) is 4.98 Å². The van der Waals surface area contributed by atoms with Crippen LogP contribution in [0.15, 0.2) is 24.3 Å². The van der Waals surface area contributed by atoms with Crippen molar-refractivity contribution in [2.75, 3.05) is 0 Å². The molecule has 1 N–H and O–H groups in total. The van der Waals surface area contributed by atoms with Gasteiger partial charge in [-0.1, -0.05) is 0 Å². The van der Waals surface area contributed by atoms with Gasteiger partial charge in [-0.25, -0.2) is 14.2 Å². The lowest BCUT2D eigenvalue weighted by Gasteiger charge is -2.04. The molecule has 2 aromatic rings. The highest BCUT2D eigenvalue weighted by Gasteiger charge is 2.13. The highest BCUT2D eigenvalue weighted by atomic mass is 19.1. The van der Waals surface area contributed by atoms with Gasteiger partial charge in [0.05, 0.1) is 5.52 Å². The fourth-order valence-electron chi connectivity index (χ4n) is 1.60. The standard InChI is InChI=1S/C12H8FNO3/c1-6(15)9-5-11(12(16)17)14-10-4-7(13)2-3-8(9)10/h2-5H,1H3,(H,16,17). The zero-order valence-corrected chi connectivity index (χ0v) is 8.90. The second-order valence-electron chi connectivity index (χ2n) is 3.58. The first kappa shape index (κ1) is 11.2. The number of aromatic carboxylic acids is 1. The van der Waals surface area contributed by atoms with Gasteiger partial charge in [-0.15, -0.1) is 0 Å². The molecule has 1 aromatic carbocycles. The van der Waals surface area contributed by atoms with E-state index in [1.165, 1.54) is 25.1 Å². The number of hydrogen-bond acceptors (Lipinski definition) is 3. The van der Waals surface area contributed by atoms with Gasteiger partial charge in [0, 0.05) is 17.0 Å². The lowest BCUT2D eigenvalue weighted by Crippen LogP contribution is -2.05. The Morgan fingerprint density at radius 1 is 1.29 bits per heavy atom. The minimum atomic E-state index is -1.25. The maximum Gasteiger partial charge on any atom is 0.354 e. The SMILES string of the molecule is CC(=O)c1cc(C(=O)O)nc2cc(F)ccc12. The molecule has 1 aromatic heterocycles. The molecule has 2 rings (SSSR count). The third kappa shape index (κ3) is 1.99. The van der Waals surface area contributed by atoms with Crippen LogP contribution in [0.5, 0.6) is 0 Å². The Kier molecular flexibility index (Phi) is 2.59. The number of nitrogens with zero attached hydrogens (tertiary/aromatic N) is 1. The Balaban J connectivity index is 2.85. The van der Waals surface area contributed by atoms with E-state index in [0.29, 0.717) is 5.39 Å². The highest BCUT2D eigenvalue weighted by molar-refractivity contribution is 6.07. The molecule has 0 unspecified atom stereocenters. The number of carboxylic acid groups (broad SMARTS) is 1. The quantitative estimate of drug-likeness (QED) is 0.808. The molecule has 0 aliphatic heterocycles. The number of hydrogen-bond donors (Lipinski definition) is 1. The molecule has 0 aliphatic carbocycles. The topological polar surface area (TPSA) is 67.3 Å². The average Bonchev–Trinajstić information content (AvgIpc) is 2.26. The van der Waals surface area contributed by atoms with Crippen LogP contribution in [0.4, 0.5) is 4.39 Å². The second-order valence-corrected chi connectivity index (χ2v) is 3.58. The van der Waals surface area contributed by atoms with Crippen molar-refractivity contribution >= 4 is 22.7 Å². The van der Waals surface area contributed by atoms with E-state index < -0.39 is 11.8 Å². The molecule has 17 heavy (non-hydrogen) atoms. The van der Waals surface area contributed by atoms with Crippen molar-refractivity contribution in [3.8, 4) is 0 Å². The van der Waals surface area contributed by atoms with Crippen molar-refractivity contribution in [3.05, 3.63) is 41.3 Å². The van der Waals surface area contributed by atoms with Gasteiger partial charge in [0.25, 0.3) is 0 Å². The van der Waals surface area contributed by atoms with Gasteiger partial charge in [-0.2, -0.15) is 0 Å². The van der Waals surface area contributed by atoms with Crippen LogP contribution >= 0.6 is 0 Å². The van der Waals surface area contributed by atoms with E-state index in [4.69, 9.17) is 5.11 Å². The summed E-state index contributed by atoms with van der Waals surface area (Å²) in [6.45, 7) is 1.32. The third-order valence-corrected chi connectivity index (χ3v) is 2.37. The number of benzene rings is 1. The van der Waals surface area contributed by atoms with Crippen molar-refractivity contribution in [2.24, 2.45) is 0 Å². The van der Waals surface area contributed by atoms with E-state index in [1.807, 2.05) is 0 Å². The van der Waals surface area contributed by atoms with Crippen molar-refractivity contribution in [1.29, 1.82) is 0 Å². The number of carbonyl (C=O) groups is 2. The molecule has 86 valence electrons. The number of ketones is 1. The summed E-state index contributed by atoms with van der Waals surface area (Å²) < 4.78 is 13.0. The monoisotopic (exact) mass is 233 g/mol. The van der Waals surface area contributed by atoms with E-state index in [0.717, 1.165) is 6.07 Å². The predicted octanol–water partition coefficient (Wildman–Crippen LogP) is 2.27. The lowest BCUT2D eigenvalue weighted by atomic mass is 10.0. The van der Waals surface area contributed by atoms with Gasteiger partial charge in [-0.3, -0.25) is 4.79 Å². The minimum Gasteiger partial charge on any atom is -0.477 e. The van der Waals surface area contributed by atoms with E-state index in [-0.39, 0.29) is 22.6 Å². The number of Topliss-reactive ketones (excluding diaryl/α,β-unsaturated/α-hetero) is 1. The number of rotatable bonds is 2. The summed E-state index contributed by atoms with van der Waals surface area (Å²) in [4.78, 5) is 26.0.